The molecule has 92 valence electrons. The van der Waals surface area contributed by atoms with Gasteiger partial charge in [0, 0.05) is 6.54 Å². The van der Waals surface area contributed by atoms with E-state index in [9.17, 15) is 9.59 Å². The summed E-state index contributed by atoms with van der Waals surface area (Å²) in [6, 6.07) is 6.36. The average Bonchev–Trinajstić information content (AvgIpc) is 2.30. The van der Waals surface area contributed by atoms with E-state index in [0.717, 1.165) is 18.4 Å². The molecule has 0 unspecified atom stereocenters. The first kappa shape index (κ1) is 13.2. The van der Waals surface area contributed by atoms with Crippen LogP contribution in [0.1, 0.15) is 35.7 Å². The summed E-state index contributed by atoms with van der Waals surface area (Å²) in [6.07, 6.45) is 2.32. The molecule has 0 radical (unpaired) electrons. The minimum absolute atomic E-state index is 0.0264. The van der Waals surface area contributed by atoms with E-state index in [1.165, 1.54) is 12.1 Å². The summed E-state index contributed by atoms with van der Waals surface area (Å²) in [5, 5.41) is 11.5. The molecule has 0 aromatic heterocycles. The fourth-order valence-electron chi connectivity index (χ4n) is 1.42. The molecule has 0 fully saturated rings. The standard InChI is InChI=1S/C13H17NO3/c1-2-3-8-14-12(15)9-10-4-6-11(7-5-10)13(16)17/h4-7H,2-3,8-9H2,1H3,(H,14,15)(H,16,17). The first-order valence-electron chi connectivity index (χ1n) is 5.72. The van der Waals surface area contributed by atoms with Crippen LogP contribution in [-0.2, 0) is 11.2 Å². The summed E-state index contributed by atoms with van der Waals surface area (Å²) in [4.78, 5) is 22.1. The summed E-state index contributed by atoms with van der Waals surface area (Å²) >= 11 is 0. The Morgan fingerprint density at radius 3 is 2.41 bits per heavy atom. The van der Waals surface area contributed by atoms with Crippen molar-refractivity contribution >= 4 is 11.9 Å². The van der Waals surface area contributed by atoms with Crippen LogP contribution < -0.4 is 5.32 Å². The van der Waals surface area contributed by atoms with Gasteiger partial charge in [0.15, 0.2) is 0 Å². The molecule has 1 rings (SSSR count). The number of unbranched alkanes of at least 4 members (excludes halogenated alkanes) is 1. The molecule has 0 saturated carbocycles. The number of carbonyl (C=O) groups excluding carboxylic acids is 1. The van der Waals surface area contributed by atoms with Crippen LogP contribution in [0.3, 0.4) is 0 Å². The Bertz CT molecular complexity index is 384. The lowest BCUT2D eigenvalue weighted by Gasteiger charge is -2.04. The minimum Gasteiger partial charge on any atom is -0.478 e. The zero-order chi connectivity index (χ0) is 12.7. The molecule has 4 heteroatoms. The maximum Gasteiger partial charge on any atom is 0.335 e. The number of carboxylic acid groups (broad SMARTS) is 1. The Labute approximate surface area is 101 Å². The Morgan fingerprint density at radius 1 is 1.24 bits per heavy atom. The summed E-state index contributed by atoms with van der Waals surface area (Å²) in [5.74, 6) is -0.981. The molecule has 0 bridgehead atoms. The second-order valence-electron chi connectivity index (χ2n) is 3.88. The maximum absolute atomic E-state index is 11.5. The summed E-state index contributed by atoms with van der Waals surface area (Å²) in [7, 11) is 0. The average molecular weight is 235 g/mol. The highest BCUT2D eigenvalue weighted by atomic mass is 16.4. The fraction of sp³-hybridized carbons (Fsp3) is 0.385. The van der Waals surface area contributed by atoms with Crippen molar-refractivity contribution in [1.29, 1.82) is 0 Å². The van der Waals surface area contributed by atoms with Crippen LogP contribution in [0.25, 0.3) is 0 Å². The summed E-state index contributed by atoms with van der Waals surface area (Å²) in [5.41, 5.74) is 1.06. The molecule has 0 aliphatic heterocycles. The van der Waals surface area contributed by atoms with Gasteiger partial charge in [-0.2, -0.15) is 0 Å². The van der Waals surface area contributed by atoms with Crippen molar-refractivity contribution < 1.29 is 14.7 Å². The van der Waals surface area contributed by atoms with Crippen LogP contribution in [0.4, 0.5) is 0 Å². The van der Waals surface area contributed by atoms with Crippen LogP contribution >= 0.6 is 0 Å². The van der Waals surface area contributed by atoms with Crippen molar-refractivity contribution in [2.24, 2.45) is 0 Å². The lowest BCUT2D eigenvalue weighted by molar-refractivity contribution is -0.120. The van der Waals surface area contributed by atoms with E-state index in [0.29, 0.717) is 13.0 Å². The van der Waals surface area contributed by atoms with Gasteiger partial charge in [0.1, 0.15) is 0 Å². The zero-order valence-electron chi connectivity index (χ0n) is 9.90. The number of nitrogens with one attached hydrogen (secondary N) is 1. The predicted octanol–water partition coefficient (Wildman–Crippen LogP) is 1.84. The van der Waals surface area contributed by atoms with E-state index >= 15 is 0 Å². The summed E-state index contributed by atoms with van der Waals surface area (Å²) < 4.78 is 0. The molecule has 0 aliphatic carbocycles. The van der Waals surface area contributed by atoms with Crippen molar-refractivity contribution in [3.8, 4) is 0 Å². The molecule has 0 heterocycles. The minimum atomic E-state index is -0.955. The SMILES string of the molecule is CCCCNC(=O)Cc1ccc(C(=O)O)cc1. The Balaban J connectivity index is 2.46. The van der Waals surface area contributed by atoms with Crippen molar-refractivity contribution in [1.82, 2.24) is 5.32 Å². The highest BCUT2D eigenvalue weighted by Gasteiger charge is 2.05. The smallest absolute Gasteiger partial charge is 0.335 e. The number of aromatic carboxylic acids is 1. The zero-order valence-corrected chi connectivity index (χ0v) is 9.90. The number of hydrogen-bond donors (Lipinski definition) is 2. The van der Waals surface area contributed by atoms with Gasteiger partial charge in [0.2, 0.25) is 5.91 Å². The van der Waals surface area contributed by atoms with Crippen molar-refractivity contribution in [2.75, 3.05) is 6.54 Å². The molecule has 4 nitrogen and oxygen atoms in total. The first-order valence-corrected chi connectivity index (χ1v) is 5.72. The number of carbonyl (C=O) groups is 2. The molecule has 1 aromatic carbocycles. The Kier molecular flexibility index (Phi) is 5.20. The van der Waals surface area contributed by atoms with Gasteiger partial charge in [-0.3, -0.25) is 4.79 Å². The number of rotatable bonds is 6. The van der Waals surface area contributed by atoms with Crippen LogP contribution in [0.5, 0.6) is 0 Å². The molecule has 0 saturated heterocycles. The maximum atomic E-state index is 11.5. The van der Waals surface area contributed by atoms with Crippen molar-refractivity contribution in [3.05, 3.63) is 35.4 Å². The van der Waals surface area contributed by atoms with Crippen molar-refractivity contribution in [3.63, 3.8) is 0 Å². The van der Waals surface area contributed by atoms with E-state index in [2.05, 4.69) is 12.2 Å². The molecular formula is C13H17NO3. The third kappa shape index (κ3) is 4.68. The van der Waals surface area contributed by atoms with Gasteiger partial charge in [-0.1, -0.05) is 25.5 Å². The lowest BCUT2D eigenvalue weighted by Crippen LogP contribution is -2.25. The van der Waals surface area contributed by atoms with E-state index in [1.807, 2.05) is 0 Å². The topological polar surface area (TPSA) is 66.4 Å². The quantitative estimate of drug-likeness (QED) is 0.739. The normalized spacial score (nSPS) is 9.94. The van der Waals surface area contributed by atoms with Gasteiger partial charge in [-0.25, -0.2) is 4.79 Å². The van der Waals surface area contributed by atoms with Crippen LogP contribution in [-0.4, -0.2) is 23.5 Å². The van der Waals surface area contributed by atoms with E-state index in [1.54, 1.807) is 12.1 Å². The third-order valence-electron chi connectivity index (χ3n) is 2.42. The van der Waals surface area contributed by atoms with E-state index < -0.39 is 5.97 Å². The van der Waals surface area contributed by atoms with Gasteiger partial charge < -0.3 is 10.4 Å². The molecule has 0 spiro atoms. The van der Waals surface area contributed by atoms with Crippen LogP contribution in [0, 0.1) is 0 Å². The van der Waals surface area contributed by atoms with E-state index in [-0.39, 0.29) is 11.5 Å². The highest BCUT2D eigenvalue weighted by molar-refractivity contribution is 5.87. The monoisotopic (exact) mass is 235 g/mol. The molecule has 17 heavy (non-hydrogen) atoms. The van der Waals surface area contributed by atoms with Gasteiger partial charge in [0.25, 0.3) is 0 Å². The molecule has 0 aliphatic rings. The number of carboxylic acids is 1. The van der Waals surface area contributed by atoms with Gasteiger partial charge in [0.05, 0.1) is 12.0 Å². The molecular weight excluding hydrogens is 218 g/mol. The van der Waals surface area contributed by atoms with Gasteiger partial charge in [-0.15, -0.1) is 0 Å². The third-order valence-corrected chi connectivity index (χ3v) is 2.42. The summed E-state index contributed by atoms with van der Waals surface area (Å²) in [6.45, 7) is 2.76. The van der Waals surface area contributed by atoms with Crippen molar-refractivity contribution in [2.45, 2.75) is 26.2 Å². The molecule has 2 N–H and O–H groups in total. The predicted molar refractivity (Wildman–Crippen MR) is 65.0 cm³/mol. The second kappa shape index (κ2) is 6.68. The number of hydrogen-bond acceptors (Lipinski definition) is 2. The Hall–Kier alpha value is -1.84. The second-order valence-corrected chi connectivity index (χ2v) is 3.88. The highest BCUT2D eigenvalue weighted by Crippen LogP contribution is 2.05. The number of amides is 1. The molecule has 0 atom stereocenters. The molecule has 1 aromatic rings. The Morgan fingerprint density at radius 2 is 1.88 bits per heavy atom. The van der Waals surface area contributed by atoms with E-state index in [4.69, 9.17) is 5.11 Å². The van der Waals surface area contributed by atoms with Crippen LogP contribution in [0.15, 0.2) is 24.3 Å². The van der Waals surface area contributed by atoms with Crippen LogP contribution in [0.2, 0.25) is 0 Å². The fourth-order valence-corrected chi connectivity index (χ4v) is 1.42. The lowest BCUT2D eigenvalue weighted by atomic mass is 10.1. The van der Waals surface area contributed by atoms with Gasteiger partial charge in [-0.05, 0) is 24.1 Å². The number of benzene rings is 1. The first-order chi connectivity index (χ1) is 8.13. The van der Waals surface area contributed by atoms with Gasteiger partial charge >= 0.3 is 5.97 Å². The largest absolute Gasteiger partial charge is 0.478 e. The molecule has 1 amide bonds.